The van der Waals surface area contributed by atoms with Gasteiger partial charge in [0.2, 0.25) is 0 Å². The molecule has 0 aliphatic heterocycles. The van der Waals surface area contributed by atoms with E-state index in [-0.39, 0.29) is 12.1 Å². The van der Waals surface area contributed by atoms with Crippen molar-refractivity contribution in [1.29, 1.82) is 0 Å². The predicted molar refractivity (Wildman–Crippen MR) is 73.5 cm³/mol. The number of pyridine rings is 1. The topological polar surface area (TPSA) is 62.4 Å². The molecule has 1 saturated carbocycles. The Kier molecular flexibility index (Phi) is 4.19. The van der Waals surface area contributed by atoms with Gasteiger partial charge < -0.3 is 15.7 Å². The molecule has 100 valence electrons. The van der Waals surface area contributed by atoms with Crippen LogP contribution in [0.2, 0.25) is 0 Å². The Morgan fingerprint density at radius 3 is 2.72 bits per heavy atom. The second kappa shape index (κ2) is 5.67. The fraction of sp³-hybridized carbons (Fsp3) is 0.643. The number of hydrogen-bond donors (Lipinski definition) is 2. The fourth-order valence-electron chi connectivity index (χ4n) is 2.39. The molecular formula is C14H23N3O. The molecule has 0 aromatic carbocycles. The van der Waals surface area contributed by atoms with E-state index in [1.807, 2.05) is 12.3 Å². The van der Waals surface area contributed by atoms with E-state index < -0.39 is 0 Å². The summed E-state index contributed by atoms with van der Waals surface area (Å²) in [7, 11) is 2.07. The normalized spacial score (nSPS) is 24.4. The highest BCUT2D eigenvalue weighted by atomic mass is 16.3. The smallest absolute Gasteiger partial charge is 0.0572 e. The predicted octanol–water partition coefficient (Wildman–Crippen LogP) is 1.70. The fourth-order valence-corrected chi connectivity index (χ4v) is 2.39. The van der Waals surface area contributed by atoms with Gasteiger partial charge in [-0.2, -0.15) is 0 Å². The third-order valence-corrected chi connectivity index (χ3v) is 3.77. The summed E-state index contributed by atoms with van der Waals surface area (Å²) in [5, 5.41) is 9.28. The van der Waals surface area contributed by atoms with Gasteiger partial charge in [0.15, 0.2) is 0 Å². The molecule has 1 aliphatic rings. The van der Waals surface area contributed by atoms with Gasteiger partial charge in [0.25, 0.3) is 0 Å². The number of aliphatic hydroxyl groups is 1. The van der Waals surface area contributed by atoms with Gasteiger partial charge in [-0.15, -0.1) is 0 Å². The quantitative estimate of drug-likeness (QED) is 0.833. The molecule has 0 amide bonds. The molecule has 1 aliphatic carbocycles. The van der Waals surface area contributed by atoms with E-state index in [4.69, 9.17) is 5.73 Å². The molecule has 2 rings (SSSR count). The average molecular weight is 249 g/mol. The summed E-state index contributed by atoms with van der Waals surface area (Å²) in [6, 6.07) is 4.12. The highest BCUT2D eigenvalue weighted by molar-refractivity contribution is 5.44. The lowest BCUT2D eigenvalue weighted by Crippen LogP contribution is -2.37. The van der Waals surface area contributed by atoms with E-state index >= 15 is 0 Å². The van der Waals surface area contributed by atoms with Gasteiger partial charge in [-0.1, -0.05) is 6.92 Å². The van der Waals surface area contributed by atoms with Crippen molar-refractivity contribution >= 4 is 5.69 Å². The molecule has 1 fully saturated rings. The Morgan fingerprint density at radius 1 is 1.50 bits per heavy atom. The molecule has 1 atom stereocenters. The molecular weight excluding hydrogens is 226 g/mol. The number of aromatic nitrogens is 1. The largest absolute Gasteiger partial charge is 0.393 e. The van der Waals surface area contributed by atoms with Gasteiger partial charge in [0, 0.05) is 19.6 Å². The van der Waals surface area contributed by atoms with Crippen molar-refractivity contribution in [3.8, 4) is 0 Å². The van der Waals surface area contributed by atoms with Crippen molar-refractivity contribution in [3.63, 3.8) is 0 Å². The molecule has 3 N–H and O–H groups in total. The number of hydrogen-bond acceptors (Lipinski definition) is 4. The van der Waals surface area contributed by atoms with Gasteiger partial charge in [-0.25, -0.2) is 0 Å². The zero-order valence-corrected chi connectivity index (χ0v) is 11.2. The summed E-state index contributed by atoms with van der Waals surface area (Å²) in [5.74, 6) is 0.613. The van der Waals surface area contributed by atoms with Crippen molar-refractivity contribution in [2.75, 3.05) is 18.5 Å². The summed E-state index contributed by atoms with van der Waals surface area (Å²) in [6.45, 7) is 3.05. The molecule has 0 radical (unpaired) electrons. The van der Waals surface area contributed by atoms with E-state index in [1.54, 1.807) is 0 Å². The number of rotatable bonds is 5. The molecule has 4 nitrogen and oxygen atoms in total. The summed E-state index contributed by atoms with van der Waals surface area (Å²) in [6.07, 6.45) is 4.57. The molecule has 0 spiro atoms. The van der Waals surface area contributed by atoms with E-state index in [2.05, 4.69) is 29.9 Å². The third kappa shape index (κ3) is 3.00. The zero-order valence-electron chi connectivity index (χ0n) is 11.2. The third-order valence-electron chi connectivity index (χ3n) is 3.77. The van der Waals surface area contributed by atoms with Crippen LogP contribution in [0.3, 0.4) is 0 Å². The Balaban J connectivity index is 1.92. The van der Waals surface area contributed by atoms with Crippen LogP contribution in [0.15, 0.2) is 18.3 Å². The Bertz CT molecular complexity index is 373. The van der Waals surface area contributed by atoms with Crippen molar-refractivity contribution in [2.45, 2.75) is 38.3 Å². The number of nitrogens with zero attached hydrogens (tertiary/aromatic N) is 2. The summed E-state index contributed by atoms with van der Waals surface area (Å²) < 4.78 is 0. The van der Waals surface area contributed by atoms with Crippen LogP contribution in [0.1, 0.15) is 37.9 Å². The molecule has 0 unspecified atom stereocenters. The van der Waals surface area contributed by atoms with Crippen molar-refractivity contribution < 1.29 is 5.11 Å². The standard InChI is InChI=1S/C14H23N3O/c1-3-13(15)14-5-4-11(8-16-14)17(2)9-10-6-12(18)7-10/h4-5,8,10,12-13,18H,3,6-7,9,15H2,1-2H3/t10?,12?,13-/m0/s1. The van der Waals surface area contributed by atoms with Crippen molar-refractivity contribution in [3.05, 3.63) is 24.0 Å². The lowest BCUT2D eigenvalue weighted by molar-refractivity contribution is 0.0465. The van der Waals surface area contributed by atoms with Crippen LogP contribution in [0.5, 0.6) is 0 Å². The SMILES string of the molecule is CC[C@H](N)c1ccc(N(C)CC2CC(O)C2)cn1. The maximum absolute atomic E-state index is 9.28. The van der Waals surface area contributed by atoms with Crippen molar-refractivity contribution in [1.82, 2.24) is 4.98 Å². The van der Waals surface area contributed by atoms with Gasteiger partial charge in [0.1, 0.15) is 0 Å². The van der Waals surface area contributed by atoms with E-state index in [9.17, 15) is 5.11 Å². The Hall–Kier alpha value is -1.13. The van der Waals surface area contributed by atoms with Gasteiger partial charge in [-0.05, 0) is 37.3 Å². The Labute approximate surface area is 109 Å². The highest BCUT2D eigenvalue weighted by Crippen LogP contribution is 2.29. The molecule has 1 aromatic heterocycles. The van der Waals surface area contributed by atoms with E-state index in [1.165, 1.54) is 0 Å². The van der Waals surface area contributed by atoms with Gasteiger partial charge >= 0.3 is 0 Å². The second-order valence-electron chi connectivity index (χ2n) is 5.33. The second-order valence-corrected chi connectivity index (χ2v) is 5.33. The van der Waals surface area contributed by atoms with Crippen LogP contribution < -0.4 is 10.6 Å². The van der Waals surface area contributed by atoms with Crippen LogP contribution >= 0.6 is 0 Å². The van der Waals surface area contributed by atoms with Gasteiger partial charge in [0.05, 0.1) is 23.7 Å². The zero-order chi connectivity index (χ0) is 13.1. The molecule has 1 aromatic rings. The average Bonchev–Trinajstić information content (AvgIpc) is 2.36. The summed E-state index contributed by atoms with van der Waals surface area (Å²) >= 11 is 0. The summed E-state index contributed by atoms with van der Waals surface area (Å²) in [5.41, 5.74) is 8.01. The van der Waals surface area contributed by atoms with Crippen LogP contribution in [-0.2, 0) is 0 Å². The summed E-state index contributed by atoms with van der Waals surface area (Å²) in [4.78, 5) is 6.62. The van der Waals surface area contributed by atoms with E-state index in [0.29, 0.717) is 5.92 Å². The highest BCUT2D eigenvalue weighted by Gasteiger charge is 2.28. The maximum atomic E-state index is 9.28. The lowest BCUT2D eigenvalue weighted by Gasteiger charge is -2.35. The number of nitrogens with two attached hydrogens (primary N) is 1. The van der Waals surface area contributed by atoms with Crippen molar-refractivity contribution in [2.24, 2.45) is 11.7 Å². The molecule has 1 heterocycles. The molecule has 0 saturated heterocycles. The lowest BCUT2D eigenvalue weighted by atomic mass is 9.82. The van der Waals surface area contributed by atoms with Gasteiger partial charge in [-0.3, -0.25) is 4.98 Å². The van der Waals surface area contributed by atoms with E-state index in [0.717, 1.165) is 37.2 Å². The number of anilines is 1. The maximum Gasteiger partial charge on any atom is 0.0572 e. The van der Waals surface area contributed by atoms with Crippen LogP contribution in [0, 0.1) is 5.92 Å². The first-order valence-electron chi connectivity index (χ1n) is 6.71. The molecule has 18 heavy (non-hydrogen) atoms. The first-order chi connectivity index (χ1) is 8.60. The van der Waals surface area contributed by atoms with Crippen LogP contribution in [0.4, 0.5) is 5.69 Å². The first kappa shape index (κ1) is 13.3. The minimum atomic E-state index is -0.0774. The minimum Gasteiger partial charge on any atom is -0.393 e. The monoisotopic (exact) mass is 249 g/mol. The minimum absolute atomic E-state index is 0.0335. The first-order valence-corrected chi connectivity index (χ1v) is 6.71. The number of aliphatic hydroxyl groups excluding tert-OH is 1. The Morgan fingerprint density at radius 2 is 2.22 bits per heavy atom. The molecule has 4 heteroatoms. The van der Waals surface area contributed by atoms with Crippen LogP contribution in [0.25, 0.3) is 0 Å². The molecule has 0 bridgehead atoms. The van der Waals surface area contributed by atoms with Crippen LogP contribution in [-0.4, -0.2) is 29.8 Å².